The van der Waals surface area contributed by atoms with Crippen molar-refractivity contribution in [1.82, 2.24) is 19.8 Å². The van der Waals surface area contributed by atoms with Gasteiger partial charge in [0.15, 0.2) is 0 Å². The summed E-state index contributed by atoms with van der Waals surface area (Å²) in [5.74, 6) is 0.640. The SMILES string of the molecule is CC(CN1CCN(c2ccnc3cc(Cl)ccc23)CC1)CN1CCN(c2ccnc3cc(Cl)ccc23)CC1. The van der Waals surface area contributed by atoms with E-state index in [1.165, 1.54) is 22.1 Å². The average molecular weight is 550 g/mol. The van der Waals surface area contributed by atoms with E-state index in [0.717, 1.165) is 86.5 Å². The van der Waals surface area contributed by atoms with Crippen LogP contribution in [0.1, 0.15) is 6.92 Å². The van der Waals surface area contributed by atoms with E-state index in [1.807, 2.05) is 36.7 Å². The van der Waals surface area contributed by atoms with Gasteiger partial charge in [0.2, 0.25) is 0 Å². The predicted octanol–water partition coefficient (Wildman–Crippen LogP) is 5.67. The summed E-state index contributed by atoms with van der Waals surface area (Å²) in [5.41, 5.74) is 4.46. The van der Waals surface area contributed by atoms with Crippen molar-refractivity contribution in [1.29, 1.82) is 0 Å². The number of anilines is 2. The molecule has 0 atom stereocenters. The maximum atomic E-state index is 6.18. The van der Waals surface area contributed by atoms with Crippen LogP contribution in [-0.4, -0.2) is 85.2 Å². The smallest absolute Gasteiger partial charge is 0.0737 e. The van der Waals surface area contributed by atoms with Gasteiger partial charge >= 0.3 is 0 Å². The molecule has 0 saturated carbocycles. The summed E-state index contributed by atoms with van der Waals surface area (Å²) >= 11 is 12.4. The molecular weight excluding hydrogens is 515 g/mol. The third-order valence-corrected chi connectivity index (χ3v) is 8.40. The third-order valence-electron chi connectivity index (χ3n) is 7.93. The average Bonchev–Trinajstić information content (AvgIpc) is 2.93. The van der Waals surface area contributed by atoms with E-state index in [9.17, 15) is 0 Å². The lowest BCUT2D eigenvalue weighted by atomic mass is 10.1. The van der Waals surface area contributed by atoms with Crippen molar-refractivity contribution >= 4 is 56.4 Å². The van der Waals surface area contributed by atoms with Crippen LogP contribution in [0.2, 0.25) is 10.0 Å². The third kappa shape index (κ3) is 5.55. The fraction of sp³-hybridized carbons (Fsp3) is 0.400. The molecule has 0 N–H and O–H groups in total. The molecule has 38 heavy (non-hydrogen) atoms. The molecule has 2 saturated heterocycles. The molecule has 198 valence electrons. The first-order valence-corrected chi connectivity index (χ1v) is 14.3. The normalized spacial score (nSPS) is 17.7. The van der Waals surface area contributed by atoms with Crippen molar-refractivity contribution in [2.24, 2.45) is 5.92 Å². The Morgan fingerprint density at radius 1 is 0.632 bits per heavy atom. The Morgan fingerprint density at radius 2 is 1.05 bits per heavy atom. The van der Waals surface area contributed by atoms with Crippen LogP contribution < -0.4 is 9.80 Å². The summed E-state index contributed by atoms with van der Waals surface area (Å²) in [7, 11) is 0. The van der Waals surface area contributed by atoms with Crippen LogP contribution in [0.25, 0.3) is 21.8 Å². The van der Waals surface area contributed by atoms with E-state index in [0.29, 0.717) is 5.92 Å². The van der Waals surface area contributed by atoms with Crippen molar-refractivity contribution in [3.05, 3.63) is 71.0 Å². The molecule has 2 fully saturated rings. The molecule has 8 heteroatoms. The Hall–Kier alpha value is -2.64. The maximum Gasteiger partial charge on any atom is 0.0737 e. The van der Waals surface area contributed by atoms with Gasteiger partial charge in [-0.05, 0) is 54.4 Å². The van der Waals surface area contributed by atoms with E-state index >= 15 is 0 Å². The zero-order valence-electron chi connectivity index (χ0n) is 21.9. The van der Waals surface area contributed by atoms with Crippen LogP contribution in [0.5, 0.6) is 0 Å². The minimum Gasteiger partial charge on any atom is -0.368 e. The van der Waals surface area contributed by atoms with Gasteiger partial charge in [0.25, 0.3) is 0 Å². The van der Waals surface area contributed by atoms with Gasteiger partial charge in [0.1, 0.15) is 0 Å². The van der Waals surface area contributed by atoms with Gasteiger partial charge in [-0.2, -0.15) is 0 Å². The van der Waals surface area contributed by atoms with Crippen LogP contribution in [0, 0.1) is 5.92 Å². The van der Waals surface area contributed by atoms with Crippen molar-refractivity contribution in [3.8, 4) is 0 Å². The molecule has 0 bridgehead atoms. The van der Waals surface area contributed by atoms with Gasteiger partial charge in [-0.25, -0.2) is 0 Å². The van der Waals surface area contributed by atoms with Gasteiger partial charge in [0, 0.05) is 110 Å². The maximum absolute atomic E-state index is 6.18. The summed E-state index contributed by atoms with van der Waals surface area (Å²) in [6.07, 6.45) is 3.80. The lowest BCUT2D eigenvalue weighted by Gasteiger charge is -2.40. The van der Waals surface area contributed by atoms with Crippen LogP contribution in [0.4, 0.5) is 11.4 Å². The van der Waals surface area contributed by atoms with Gasteiger partial charge in [0.05, 0.1) is 11.0 Å². The Labute approximate surface area is 234 Å². The number of pyridine rings is 2. The fourth-order valence-electron chi connectivity index (χ4n) is 6.05. The topological polar surface area (TPSA) is 38.7 Å². The van der Waals surface area contributed by atoms with Crippen molar-refractivity contribution < 1.29 is 0 Å². The Morgan fingerprint density at radius 3 is 1.47 bits per heavy atom. The number of aromatic nitrogens is 2. The standard InChI is InChI=1S/C30H34Cl2N6/c1-22(20-35-10-14-37(15-11-35)29-6-8-33-27-18-23(31)2-4-25(27)29)21-36-12-16-38(17-13-36)30-7-9-34-28-19-24(32)3-5-26(28)30/h2-9,18-19,22H,10-17,20-21H2,1H3. The molecule has 0 unspecified atom stereocenters. The Balaban J connectivity index is 0.992. The quantitative estimate of drug-likeness (QED) is 0.309. The zero-order chi connectivity index (χ0) is 26.1. The first-order valence-electron chi connectivity index (χ1n) is 13.6. The number of hydrogen-bond acceptors (Lipinski definition) is 6. The fourth-order valence-corrected chi connectivity index (χ4v) is 6.38. The van der Waals surface area contributed by atoms with Crippen molar-refractivity contribution in [2.45, 2.75) is 6.92 Å². The van der Waals surface area contributed by atoms with Crippen LogP contribution in [0.3, 0.4) is 0 Å². The van der Waals surface area contributed by atoms with E-state index < -0.39 is 0 Å². The van der Waals surface area contributed by atoms with Crippen molar-refractivity contribution in [2.75, 3.05) is 75.2 Å². The second-order valence-corrected chi connectivity index (χ2v) is 11.5. The molecule has 6 nitrogen and oxygen atoms in total. The highest BCUT2D eigenvalue weighted by Crippen LogP contribution is 2.30. The molecule has 2 aliphatic rings. The molecule has 0 amide bonds. The number of nitrogens with zero attached hydrogens (tertiary/aromatic N) is 6. The van der Waals surface area contributed by atoms with Crippen LogP contribution in [-0.2, 0) is 0 Å². The number of fused-ring (bicyclic) bond motifs is 2. The minimum atomic E-state index is 0.640. The van der Waals surface area contributed by atoms with E-state index in [4.69, 9.17) is 23.2 Å². The highest BCUT2D eigenvalue weighted by molar-refractivity contribution is 6.31. The summed E-state index contributed by atoms with van der Waals surface area (Å²) in [4.78, 5) is 19.3. The largest absolute Gasteiger partial charge is 0.368 e. The monoisotopic (exact) mass is 548 g/mol. The molecule has 0 aliphatic carbocycles. The molecule has 2 aromatic heterocycles. The Kier molecular flexibility index (Phi) is 7.57. The molecular formula is C30H34Cl2N6. The summed E-state index contributed by atoms with van der Waals surface area (Å²) in [6.45, 7) is 13.2. The summed E-state index contributed by atoms with van der Waals surface area (Å²) in [6, 6.07) is 16.3. The summed E-state index contributed by atoms with van der Waals surface area (Å²) in [5, 5.41) is 3.83. The summed E-state index contributed by atoms with van der Waals surface area (Å²) < 4.78 is 0. The molecule has 4 heterocycles. The van der Waals surface area contributed by atoms with Gasteiger partial charge in [-0.3, -0.25) is 19.8 Å². The number of rotatable bonds is 6. The number of benzene rings is 2. The first-order chi connectivity index (χ1) is 18.5. The highest BCUT2D eigenvalue weighted by atomic mass is 35.5. The number of piperazine rings is 2. The Bertz CT molecular complexity index is 1310. The van der Waals surface area contributed by atoms with Crippen molar-refractivity contribution in [3.63, 3.8) is 0 Å². The van der Waals surface area contributed by atoms with E-state index in [-0.39, 0.29) is 0 Å². The lowest BCUT2D eigenvalue weighted by Crippen LogP contribution is -2.50. The van der Waals surface area contributed by atoms with Gasteiger partial charge in [-0.1, -0.05) is 30.1 Å². The molecule has 6 rings (SSSR count). The van der Waals surface area contributed by atoms with E-state index in [2.05, 4.69) is 60.8 Å². The first kappa shape index (κ1) is 25.6. The van der Waals surface area contributed by atoms with Gasteiger partial charge < -0.3 is 9.80 Å². The van der Waals surface area contributed by atoms with Gasteiger partial charge in [-0.15, -0.1) is 0 Å². The van der Waals surface area contributed by atoms with Crippen LogP contribution in [0.15, 0.2) is 60.9 Å². The second-order valence-electron chi connectivity index (χ2n) is 10.7. The molecule has 2 aliphatic heterocycles. The minimum absolute atomic E-state index is 0.640. The van der Waals surface area contributed by atoms with E-state index in [1.54, 1.807) is 0 Å². The number of halogens is 2. The van der Waals surface area contributed by atoms with Crippen LogP contribution >= 0.6 is 23.2 Å². The zero-order valence-corrected chi connectivity index (χ0v) is 23.4. The highest BCUT2D eigenvalue weighted by Gasteiger charge is 2.23. The lowest BCUT2D eigenvalue weighted by molar-refractivity contribution is 0.172. The molecule has 2 aromatic carbocycles. The predicted molar refractivity (Wildman–Crippen MR) is 160 cm³/mol. The second kappa shape index (κ2) is 11.2. The molecule has 0 spiro atoms. The number of hydrogen-bond donors (Lipinski definition) is 0. The molecule has 0 radical (unpaired) electrons. The molecule has 4 aromatic rings.